The second-order valence-corrected chi connectivity index (χ2v) is 7.20. The Morgan fingerprint density at radius 3 is 2.61 bits per heavy atom. The zero-order valence-electron chi connectivity index (χ0n) is 13.8. The van der Waals surface area contributed by atoms with E-state index in [1.54, 1.807) is 0 Å². The number of carbonyl (C=O) groups is 1. The number of fused-ring (bicyclic) bond motifs is 1. The van der Waals surface area contributed by atoms with E-state index in [0.29, 0.717) is 16.6 Å². The van der Waals surface area contributed by atoms with Gasteiger partial charge in [-0.3, -0.25) is 10.1 Å². The number of anilines is 1. The molecule has 3 nitrogen and oxygen atoms in total. The summed E-state index contributed by atoms with van der Waals surface area (Å²) in [6.45, 7) is 8.32. The van der Waals surface area contributed by atoms with Crippen molar-refractivity contribution in [1.82, 2.24) is 4.98 Å². The van der Waals surface area contributed by atoms with Crippen molar-refractivity contribution in [3.63, 3.8) is 0 Å². The van der Waals surface area contributed by atoms with Crippen LogP contribution in [-0.2, 0) is 0 Å². The first-order chi connectivity index (χ1) is 10.9. The summed E-state index contributed by atoms with van der Waals surface area (Å²) in [7, 11) is 0. The second-order valence-electron chi connectivity index (χ2n) is 6.17. The lowest BCUT2D eigenvalue weighted by Gasteiger charge is -2.06. The number of thiazole rings is 1. The van der Waals surface area contributed by atoms with Gasteiger partial charge >= 0.3 is 0 Å². The number of hydrogen-bond acceptors (Lipinski definition) is 3. The number of aryl methyl sites for hydroxylation is 2. The molecule has 0 aliphatic rings. The van der Waals surface area contributed by atoms with E-state index in [9.17, 15) is 4.79 Å². The highest BCUT2D eigenvalue weighted by atomic mass is 32.1. The van der Waals surface area contributed by atoms with Crippen molar-refractivity contribution in [2.75, 3.05) is 5.32 Å². The largest absolute Gasteiger partial charge is 0.298 e. The summed E-state index contributed by atoms with van der Waals surface area (Å²) < 4.78 is 1.10. The van der Waals surface area contributed by atoms with Gasteiger partial charge in [-0.05, 0) is 49.1 Å². The van der Waals surface area contributed by atoms with Crippen LogP contribution in [0.25, 0.3) is 10.2 Å². The van der Waals surface area contributed by atoms with Crippen LogP contribution < -0.4 is 5.32 Å². The Bertz CT molecular complexity index is 880. The maximum atomic E-state index is 12.5. The van der Waals surface area contributed by atoms with Crippen LogP contribution >= 0.6 is 11.3 Å². The Morgan fingerprint density at radius 2 is 1.91 bits per heavy atom. The third-order valence-electron chi connectivity index (χ3n) is 3.93. The average Bonchev–Trinajstić information content (AvgIpc) is 2.87. The SMILES string of the molecule is Cc1ccc(C(=O)Nc2nc3ccc(C(C)C)cc3s2)c(C)c1. The third kappa shape index (κ3) is 3.27. The van der Waals surface area contributed by atoms with E-state index in [1.807, 2.05) is 38.1 Å². The van der Waals surface area contributed by atoms with Gasteiger partial charge in [0.15, 0.2) is 5.13 Å². The average molecular weight is 324 g/mol. The Balaban J connectivity index is 1.87. The van der Waals surface area contributed by atoms with Gasteiger partial charge in [0.2, 0.25) is 0 Å². The van der Waals surface area contributed by atoms with Crippen LogP contribution in [-0.4, -0.2) is 10.9 Å². The van der Waals surface area contributed by atoms with Gasteiger partial charge in [0.1, 0.15) is 0 Å². The number of amides is 1. The Kier molecular flexibility index (Phi) is 4.18. The third-order valence-corrected chi connectivity index (χ3v) is 4.86. The highest BCUT2D eigenvalue weighted by molar-refractivity contribution is 7.22. The minimum atomic E-state index is -0.106. The molecule has 0 spiro atoms. The summed E-state index contributed by atoms with van der Waals surface area (Å²) in [5, 5.41) is 3.57. The standard InChI is InChI=1S/C19H20N2OS/c1-11(2)14-6-8-16-17(10-14)23-19(20-16)21-18(22)15-7-5-12(3)9-13(15)4/h5-11H,1-4H3,(H,20,21,22). The maximum Gasteiger partial charge on any atom is 0.257 e. The van der Waals surface area contributed by atoms with Crippen LogP contribution in [0.2, 0.25) is 0 Å². The minimum Gasteiger partial charge on any atom is -0.298 e. The number of nitrogens with one attached hydrogen (secondary N) is 1. The maximum absolute atomic E-state index is 12.5. The lowest BCUT2D eigenvalue weighted by molar-refractivity contribution is 0.102. The Labute approximate surface area is 140 Å². The van der Waals surface area contributed by atoms with Crippen molar-refractivity contribution < 1.29 is 4.79 Å². The van der Waals surface area contributed by atoms with Crippen LogP contribution in [0.15, 0.2) is 36.4 Å². The number of benzene rings is 2. The minimum absolute atomic E-state index is 0.106. The van der Waals surface area contributed by atoms with Crippen molar-refractivity contribution in [3.05, 3.63) is 58.7 Å². The van der Waals surface area contributed by atoms with Gasteiger partial charge in [-0.15, -0.1) is 0 Å². The highest BCUT2D eigenvalue weighted by Gasteiger charge is 2.12. The number of aromatic nitrogens is 1. The molecule has 0 saturated heterocycles. The smallest absolute Gasteiger partial charge is 0.257 e. The monoisotopic (exact) mass is 324 g/mol. The van der Waals surface area contributed by atoms with Gasteiger partial charge in [0.25, 0.3) is 5.91 Å². The molecule has 1 aromatic heterocycles. The lowest BCUT2D eigenvalue weighted by atomic mass is 10.0. The van der Waals surface area contributed by atoms with Crippen LogP contribution in [0, 0.1) is 13.8 Å². The molecule has 23 heavy (non-hydrogen) atoms. The zero-order chi connectivity index (χ0) is 16.6. The number of nitrogens with zero attached hydrogens (tertiary/aromatic N) is 1. The number of carbonyl (C=O) groups excluding carboxylic acids is 1. The first-order valence-electron chi connectivity index (χ1n) is 7.73. The highest BCUT2D eigenvalue weighted by Crippen LogP contribution is 2.29. The molecule has 1 amide bonds. The molecule has 3 aromatic rings. The van der Waals surface area contributed by atoms with Crippen molar-refractivity contribution in [2.45, 2.75) is 33.6 Å². The molecule has 0 bridgehead atoms. The fraction of sp³-hybridized carbons (Fsp3) is 0.263. The van der Waals surface area contributed by atoms with E-state index < -0.39 is 0 Å². The lowest BCUT2D eigenvalue weighted by Crippen LogP contribution is -2.13. The van der Waals surface area contributed by atoms with Gasteiger partial charge in [0, 0.05) is 5.56 Å². The molecule has 0 aliphatic heterocycles. The van der Waals surface area contributed by atoms with Gasteiger partial charge in [0.05, 0.1) is 10.2 Å². The molecular formula is C19H20N2OS. The molecular weight excluding hydrogens is 304 g/mol. The molecule has 118 valence electrons. The van der Waals surface area contributed by atoms with Crippen molar-refractivity contribution in [2.24, 2.45) is 0 Å². The topological polar surface area (TPSA) is 42.0 Å². The van der Waals surface area contributed by atoms with Gasteiger partial charge in [-0.1, -0.05) is 48.9 Å². The Hall–Kier alpha value is -2.20. The fourth-order valence-corrected chi connectivity index (χ4v) is 3.50. The second kappa shape index (κ2) is 6.13. The van der Waals surface area contributed by atoms with Crippen LogP contribution in [0.4, 0.5) is 5.13 Å². The van der Waals surface area contributed by atoms with Gasteiger partial charge in [-0.2, -0.15) is 0 Å². The molecule has 0 fully saturated rings. The number of hydrogen-bond donors (Lipinski definition) is 1. The quantitative estimate of drug-likeness (QED) is 0.711. The molecule has 0 unspecified atom stereocenters. The van der Waals surface area contributed by atoms with Gasteiger partial charge < -0.3 is 0 Å². The molecule has 4 heteroatoms. The molecule has 2 aromatic carbocycles. The van der Waals surface area contributed by atoms with E-state index in [2.05, 4.69) is 36.3 Å². The van der Waals surface area contributed by atoms with E-state index in [4.69, 9.17) is 0 Å². The molecule has 1 N–H and O–H groups in total. The summed E-state index contributed by atoms with van der Waals surface area (Å²) in [6.07, 6.45) is 0. The predicted octanol–water partition coefficient (Wildman–Crippen LogP) is 5.29. The first kappa shape index (κ1) is 15.7. The summed E-state index contributed by atoms with van der Waals surface area (Å²) in [4.78, 5) is 17.0. The molecule has 1 heterocycles. The van der Waals surface area contributed by atoms with Crippen LogP contribution in [0.1, 0.15) is 46.8 Å². The number of rotatable bonds is 3. The van der Waals surface area contributed by atoms with Crippen molar-refractivity contribution >= 4 is 32.6 Å². The van der Waals surface area contributed by atoms with Crippen molar-refractivity contribution in [1.29, 1.82) is 0 Å². The predicted molar refractivity (Wildman–Crippen MR) is 97.6 cm³/mol. The summed E-state index contributed by atoms with van der Waals surface area (Å²) in [5.41, 5.74) is 5.03. The summed E-state index contributed by atoms with van der Waals surface area (Å²) in [6, 6.07) is 12.1. The van der Waals surface area contributed by atoms with Gasteiger partial charge in [-0.25, -0.2) is 4.98 Å². The molecule has 3 rings (SSSR count). The van der Waals surface area contributed by atoms with E-state index in [1.165, 1.54) is 16.9 Å². The molecule has 0 aliphatic carbocycles. The van der Waals surface area contributed by atoms with E-state index in [-0.39, 0.29) is 5.91 Å². The molecule has 0 radical (unpaired) electrons. The normalized spacial score (nSPS) is 11.2. The molecule has 0 atom stereocenters. The van der Waals surface area contributed by atoms with Crippen LogP contribution in [0.5, 0.6) is 0 Å². The Morgan fingerprint density at radius 1 is 1.13 bits per heavy atom. The first-order valence-corrected chi connectivity index (χ1v) is 8.55. The van der Waals surface area contributed by atoms with E-state index >= 15 is 0 Å². The van der Waals surface area contributed by atoms with Crippen molar-refractivity contribution in [3.8, 4) is 0 Å². The zero-order valence-corrected chi connectivity index (χ0v) is 14.6. The van der Waals surface area contributed by atoms with Crippen LogP contribution in [0.3, 0.4) is 0 Å². The summed E-state index contributed by atoms with van der Waals surface area (Å²) >= 11 is 1.52. The van der Waals surface area contributed by atoms with E-state index in [0.717, 1.165) is 21.3 Å². The fourth-order valence-electron chi connectivity index (χ4n) is 2.59. The molecule has 0 saturated carbocycles. The summed E-state index contributed by atoms with van der Waals surface area (Å²) in [5.74, 6) is 0.375.